The van der Waals surface area contributed by atoms with Gasteiger partial charge in [0.2, 0.25) is 5.88 Å². The van der Waals surface area contributed by atoms with Gasteiger partial charge in [-0.1, -0.05) is 6.07 Å². The Morgan fingerprint density at radius 2 is 1.93 bits per heavy atom. The first-order chi connectivity index (χ1) is 14.4. The minimum Gasteiger partial charge on any atom is -0.472 e. The van der Waals surface area contributed by atoms with E-state index in [0.717, 1.165) is 31.0 Å². The monoisotopic (exact) mass is 422 g/mol. The summed E-state index contributed by atoms with van der Waals surface area (Å²) in [7, 11) is 0. The number of anilines is 1. The molecule has 2 fully saturated rings. The minimum absolute atomic E-state index is 0.0158. The summed E-state index contributed by atoms with van der Waals surface area (Å²) in [5.41, 5.74) is -0.820. The van der Waals surface area contributed by atoms with Crippen LogP contribution in [0.25, 0.3) is 0 Å². The Morgan fingerprint density at radius 3 is 2.70 bits per heavy atom. The quantitative estimate of drug-likeness (QED) is 0.755. The molecule has 0 radical (unpaired) electrons. The first-order valence-electron chi connectivity index (χ1n) is 9.68. The van der Waals surface area contributed by atoms with Crippen molar-refractivity contribution in [3.05, 3.63) is 47.8 Å². The predicted octanol–water partition coefficient (Wildman–Crippen LogP) is 2.63. The van der Waals surface area contributed by atoms with E-state index < -0.39 is 17.6 Å². The molecule has 1 aromatic carbocycles. The summed E-state index contributed by atoms with van der Waals surface area (Å²) in [6.45, 7) is 3.43. The third-order valence-corrected chi connectivity index (χ3v) is 5.12. The summed E-state index contributed by atoms with van der Waals surface area (Å²) in [6.07, 6.45) is -2.77. The number of alkyl halides is 3. The molecule has 10 heteroatoms. The second-order valence-electron chi connectivity index (χ2n) is 7.17. The number of morpholine rings is 1. The number of nitrogens with zero attached hydrogens (tertiary/aromatic N) is 4. The summed E-state index contributed by atoms with van der Waals surface area (Å²) in [5.74, 6) is 0.715. The molecule has 0 saturated carbocycles. The molecule has 0 N–H and O–H groups in total. The molecule has 1 amide bonds. The minimum atomic E-state index is -4.49. The fourth-order valence-corrected chi connectivity index (χ4v) is 3.55. The lowest BCUT2D eigenvalue weighted by Crippen LogP contribution is -2.36. The summed E-state index contributed by atoms with van der Waals surface area (Å²) in [6, 6.07) is 6.23. The van der Waals surface area contributed by atoms with Crippen LogP contribution in [-0.4, -0.2) is 66.3 Å². The molecule has 1 aromatic heterocycles. The topological polar surface area (TPSA) is 67.8 Å². The fourth-order valence-electron chi connectivity index (χ4n) is 3.55. The molecule has 2 saturated heterocycles. The Balaban J connectivity index is 1.38. The van der Waals surface area contributed by atoms with E-state index in [2.05, 4.69) is 14.9 Å². The zero-order valence-electron chi connectivity index (χ0n) is 16.1. The average molecular weight is 422 g/mol. The second kappa shape index (κ2) is 8.47. The third kappa shape index (κ3) is 4.64. The van der Waals surface area contributed by atoms with E-state index in [1.165, 1.54) is 23.4 Å². The van der Waals surface area contributed by atoms with Crippen molar-refractivity contribution in [1.82, 2.24) is 14.9 Å². The lowest BCUT2D eigenvalue weighted by molar-refractivity contribution is -0.137. The van der Waals surface area contributed by atoms with Gasteiger partial charge in [-0.25, -0.2) is 9.97 Å². The number of hydrogen-bond donors (Lipinski definition) is 0. The highest BCUT2D eigenvalue weighted by atomic mass is 19.4. The van der Waals surface area contributed by atoms with E-state index in [-0.39, 0.29) is 18.2 Å². The first-order valence-corrected chi connectivity index (χ1v) is 9.68. The van der Waals surface area contributed by atoms with Crippen molar-refractivity contribution in [2.24, 2.45) is 0 Å². The summed E-state index contributed by atoms with van der Waals surface area (Å²) in [5, 5.41) is 0. The maximum atomic E-state index is 12.9. The Bertz CT molecular complexity index is 903. The van der Waals surface area contributed by atoms with Crippen LogP contribution in [-0.2, 0) is 10.9 Å². The van der Waals surface area contributed by atoms with Crippen molar-refractivity contribution in [1.29, 1.82) is 0 Å². The molecule has 1 atom stereocenters. The van der Waals surface area contributed by atoms with Gasteiger partial charge in [-0.15, -0.1) is 0 Å². The SMILES string of the molecule is O=C(c1cccc(C(F)(F)F)c1)N1CCC(Oc2cc(N3CCOCC3)ncn2)C1. The van der Waals surface area contributed by atoms with Crippen LogP contribution in [0, 0.1) is 0 Å². The molecule has 4 rings (SSSR count). The maximum absolute atomic E-state index is 12.9. The number of aromatic nitrogens is 2. The van der Waals surface area contributed by atoms with Crippen molar-refractivity contribution < 1.29 is 27.4 Å². The van der Waals surface area contributed by atoms with Gasteiger partial charge < -0.3 is 19.3 Å². The predicted molar refractivity (Wildman–Crippen MR) is 101 cm³/mol. The zero-order chi connectivity index (χ0) is 21.1. The first kappa shape index (κ1) is 20.4. The van der Waals surface area contributed by atoms with E-state index in [1.807, 2.05) is 0 Å². The number of rotatable bonds is 4. The van der Waals surface area contributed by atoms with E-state index >= 15 is 0 Å². The zero-order valence-corrected chi connectivity index (χ0v) is 16.1. The van der Waals surface area contributed by atoms with Gasteiger partial charge in [0, 0.05) is 37.7 Å². The van der Waals surface area contributed by atoms with Crippen molar-refractivity contribution in [3.8, 4) is 5.88 Å². The van der Waals surface area contributed by atoms with Crippen LogP contribution < -0.4 is 9.64 Å². The number of amides is 1. The van der Waals surface area contributed by atoms with Crippen LogP contribution >= 0.6 is 0 Å². The highest BCUT2D eigenvalue weighted by Crippen LogP contribution is 2.30. The molecule has 0 spiro atoms. The Hall–Kier alpha value is -2.88. The highest BCUT2D eigenvalue weighted by molar-refractivity contribution is 5.94. The summed E-state index contributed by atoms with van der Waals surface area (Å²) >= 11 is 0. The van der Waals surface area contributed by atoms with Gasteiger partial charge >= 0.3 is 6.18 Å². The standard InChI is InChI=1S/C20H21F3N4O3/c21-20(22,23)15-3-1-2-14(10-15)19(28)27-5-4-16(12-27)30-18-11-17(24-13-25-18)26-6-8-29-9-7-26/h1-3,10-11,13,16H,4-9,12H2. The third-order valence-electron chi connectivity index (χ3n) is 5.12. The molecule has 160 valence electrons. The van der Waals surface area contributed by atoms with Crippen molar-refractivity contribution >= 4 is 11.7 Å². The molecule has 0 bridgehead atoms. The fraction of sp³-hybridized carbons (Fsp3) is 0.450. The van der Waals surface area contributed by atoms with Gasteiger partial charge in [-0.3, -0.25) is 4.79 Å². The number of carbonyl (C=O) groups excluding carboxylic acids is 1. The number of carbonyl (C=O) groups is 1. The molecular formula is C20H21F3N4O3. The highest BCUT2D eigenvalue weighted by Gasteiger charge is 2.33. The van der Waals surface area contributed by atoms with Crippen LogP contribution in [0.1, 0.15) is 22.3 Å². The number of ether oxygens (including phenoxy) is 2. The van der Waals surface area contributed by atoms with Crippen LogP contribution in [0.3, 0.4) is 0 Å². The van der Waals surface area contributed by atoms with E-state index in [9.17, 15) is 18.0 Å². The van der Waals surface area contributed by atoms with Crippen LogP contribution in [0.15, 0.2) is 36.7 Å². The molecule has 1 unspecified atom stereocenters. The largest absolute Gasteiger partial charge is 0.472 e. The Kier molecular flexibility index (Phi) is 5.76. The Morgan fingerprint density at radius 1 is 1.13 bits per heavy atom. The number of hydrogen-bond acceptors (Lipinski definition) is 6. The van der Waals surface area contributed by atoms with Crippen LogP contribution in [0.2, 0.25) is 0 Å². The van der Waals surface area contributed by atoms with Crippen LogP contribution in [0.4, 0.5) is 19.0 Å². The van der Waals surface area contributed by atoms with Gasteiger partial charge in [0.25, 0.3) is 5.91 Å². The van der Waals surface area contributed by atoms with Crippen molar-refractivity contribution in [3.63, 3.8) is 0 Å². The molecule has 2 aliphatic rings. The lowest BCUT2D eigenvalue weighted by atomic mass is 10.1. The average Bonchev–Trinajstić information content (AvgIpc) is 3.22. The molecular weight excluding hydrogens is 401 g/mol. The number of halogens is 3. The van der Waals surface area contributed by atoms with E-state index in [1.54, 1.807) is 6.07 Å². The van der Waals surface area contributed by atoms with E-state index in [0.29, 0.717) is 32.1 Å². The maximum Gasteiger partial charge on any atom is 0.416 e. The molecule has 0 aliphatic carbocycles. The molecule has 7 nitrogen and oxygen atoms in total. The molecule has 2 aliphatic heterocycles. The van der Waals surface area contributed by atoms with Gasteiger partial charge in [0.05, 0.1) is 25.3 Å². The molecule has 3 heterocycles. The van der Waals surface area contributed by atoms with Gasteiger partial charge in [-0.2, -0.15) is 13.2 Å². The molecule has 2 aromatic rings. The Labute approximate surface area is 171 Å². The number of benzene rings is 1. The normalized spacial score (nSPS) is 19.8. The van der Waals surface area contributed by atoms with Gasteiger partial charge in [-0.05, 0) is 18.2 Å². The van der Waals surface area contributed by atoms with Gasteiger partial charge in [0.15, 0.2) is 0 Å². The van der Waals surface area contributed by atoms with Gasteiger partial charge in [0.1, 0.15) is 18.2 Å². The van der Waals surface area contributed by atoms with Crippen molar-refractivity contribution in [2.75, 3.05) is 44.3 Å². The lowest BCUT2D eigenvalue weighted by Gasteiger charge is -2.27. The van der Waals surface area contributed by atoms with Crippen LogP contribution in [0.5, 0.6) is 5.88 Å². The number of likely N-dealkylation sites (tertiary alicyclic amines) is 1. The molecule has 30 heavy (non-hydrogen) atoms. The smallest absolute Gasteiger partial charge is 0.416 e. The summed E-state index contributed by atoms with van der Waals surface area (Å²) < 4.78 is 50.0. The second-order valence-corrected chi connectivity index (χ2v) is 7.17. The summed E-state index contributed by atoms with van der Waals surface area (Å²) in [4.78, 5) is 24.6. The van der Waals surface area contributed by atoms with E-state index in [4.69, 9.17) is 9.47 Å². The van der Waals surface area contributed by atoms with Crippen molar-refractivity contribution in [2.45, 2.75) is 18.7 Å².